The van der Waals surface area contributed by atoms with Crippen molar-refractivity contribution >= 4 is 21.8 Å². The van der Waals surface area contributed by atoms with E-state index in [1.807, 2.05) is 38.6 Å². The average Bonchev–Trinajstić information content (AvgIpc) is 2.74. The van der Waals surface area contributed by atoms with Gasteiger partial charge in [0.05, 0.1) is 4.90 Å². The molecule has 1 unspecified atom stereocenters. The Labute approximate surface area is 126 Å². The van der Waals surface area contributed by atoms with E-state index < -0.39 is 10.0 Å². The largest absolute Gasteiger partial charge is 0.346 e. The van der Waals surface area contributed by atoms with Gasteiger partial charge >= 0.3 is 0 Å². The van der Waals surface area contributed by atoms with Gasteiger partial charge in [-0.15, -0.1) is 0 Å². The highest BCUT2D eigenvalue weighted by Crippen LogP contribution is 2.19. The molecule has 1 heterocycles. The third kappa shape index (κ3) is 4.51. The molecule has 1 rings (SSSR count). The first-order valence-corrected chi connectivity index (χ1v) is 9.56. The van der Waals surface area contributed by atoms with Gasteiger partial charge in [-0.05, 0) is 40.1 Å². The van der Waals surface area contributed by atoms with Gasteiger partial charge in [0.15, 0.2) is 0 Å². The summed E-state index contributed by atoms with van der Waals surface area (Å²) < 4.78 is 29.4. The number of hydrogen-bond acceptors (Lipinski definition) is 4. The number of thioether (sulfide) groups is 1. The van der Waals surface area contributed by atoms with Gasteiger partial charge in [0.25, 0.3) is 0 Å². The lowest BCUT2D eigenvalue weighted by atomic mass is 10.3. The van der Waals surface area contributed by atoms with Crippen LogP contribution in [0.3, 0.4) is 0 Å². The molecule has 0 aromatic carbocycles. The van der Waals surface area contributed by atoms with Gasteiger partial charge in [0, 0.05) is 36.3 Å². The molecule has 0 bridgehead atoms. The zero-order valence-electron chi connectivity index (χ0n) is 12.8. The number of rotatable bonds is 8. The Bertz CT molecular complexity index is 524. The second-order valence-electron chi connectivity index (χ2n) is 5.18. The Balaban J connectivity index is 3.03. The maximum atomic E-state index is 12.4. The first kappa shape index (κ1) is 17.6. The molecular formula is C13H25N3O2S2. The molecule has 0 amide bonds. The molecule has 0 fully saturated rings. The summed E-state index contributed by atoms with van der Waals surface area (Å²) in [5.41, 5.74) is 0.973. The van der Waals surface area contributed by atoms with Crippen LogP contribution in [0, 0.1) is 0 Å². The number of hydrogen-bond donors (Lipinski definition) is 2. The van der Waals surface area contributed by atoms with E-state index in [-0.39, 0.29) is 12.1 Å². The van der Waals surface area contributed by atoms with Gasteiger partial charge < -0.3 is 9.88 Å². The van der Waals surface area contributed by atoms with Crippen LogP contribution in [0.1, 0.15) is 32.5 Å². The lowest BCUT2D eigenvalue weighted by Gasteiger charge is -2.12. The summed E-state index contributed by atoms with van der Waals surface area (Å²) in [6, 6.07) is 1.89. The first-order valence-electron chi connectivity index (χ1n) is 6.68. The Morgan fingerprint density at radius 2 is 2.00 bits per heavy atom. The number of nitrogens with one attached hydrogen (secondary N) is 2. The fourth-order valence-electron chi connectivity index (χ4n) is 2.06. The first-order chi connectivity index (χ1) is 9.31. The van der Waals surface area contributed by atoms with Gasteiger partial charge in [0.2, 0.25) is 10.0 Å². The van der Waals surface area contributed by atoms with Crippen LogP contribution in [0.15, 0.2) is 17.2 Å². The highest BCUT2D eigenvalue weighted by atomic mass is 32.2. The van der Waals surface area contributed by atoms with Crippen LogP contribution < -0.4 is 10.0 Å². The van der Waals surface area contributed by atoms with Gasteiger partial charge in [-0.1, -0.05) is 0 Å². The van der Waals surface area contributed by atoms with Crippen LogP contribution >= 0.6 is 11.8 Å². The molecule has 5 nitrogen and oxygen atoms in total. The molecule has 116 valence electrons. The maximum absolute atomic E-state index is 12.4. The lowest BCUT2D eigenvalue weighted by molar-refractivity contribution is 0.559. The molecular weight excluding hydrogens is 294 g/mol. The smallest absolute Gasteiger partial charge is 0.242 e. The third-order valence-corrected chi connectivity index (χ3v) is 5.29. The van der Waals surface area contributed by atoms with Crippen molar-refractivity contribution in [1.29, 1.82) is 0 Å². The van der Waals surface area contributed by atoms with Crippen LogP contribution in [0.25, 0.3) is 0 Å². The molecule has 0 aliphatic carbocycles. The van der Waals surface area contributed by atoms with E-state index in [9.17, 15) is 8.42 Å². The van der Waals surface area contributed by atoms with Crippen molar-refractivity contribution in [2.45, 2.75) is 44.3 Å². The fourth-order valence-corrected chi connectivity index (χ4v) is 4.05. The van der Waals surface area contributed by atoms with Crippen molar-refractivity contribution in [2.75, 3.05) is 19.1 Å². The Morgan fingerprint density at radius 3 is 2.50 bits per heavy atom. The minimum absolute atomic E-state index is 0.0786. The van der Waals surface area contributed by atoms with Crippen LogP contribution in [-0.2, 0) is 16.6 Å². The highest BCUT2D eigenvalue weighted by Gasteiger charge is 2.21. The third-order valence-electron chi connectivity index (χ3n) is 2.90. The predicted molar refractivity (Wildman–Crippen MR) is 85.7 cm³/mol. The normalized spacial score (nSPS) is 13.9. The van der Waals surface area contributed by atoms with E-state index in [0.717, 1.165) is 11.4 Å². The molecule has 7 heteroatoms. The Hall–Kier alpha value is -0.500. The number of aromatic nitrogens is 1. The van der Waals surface area contributed by atoms with Crippen molar-refractivity contribution in [1.82, 2.24) is 14.6 Å². The molecule has 1 atom stereocenters. The van der Waals surface area contributed by atoms with Gasteiger partial charge in [-0.2, -0.15) is 11.8 Å². The quantitative estimate of drug-likeness (QED) is 0.767. The van der Waals surface area contributed by atoms with Crippen molar-refractivity contribution in [3.05, 3.63) is 18.0 Å². The monoisotopic (exact) mass is 319 g/mol. The van der Waals surface area contributed by atoms with Crippen molar-refractivity contribution in [2.24, 2.45) is 0 Å². The SMILES string of the molecule is CNCc1cc(S(=O)(=O)NC(C)CSC)cn1C(C)C. The minimum atomic E-state index is -3.45. The van der Waals surface area contributed by atoms with Crippen molar-refractivity contribution in [3.8, 4) is 0 Å². The van der Waals surface area contributed by atoms with Gasteiger partial charge in [0.1, 0.15) is 0 Å². The summed E-state index contributed by atoms with van der Waals surface area (Å²) in [5, 5.41) is 3.07. The summed E-state index contributed by atoms with van der Waals surface area (Å²) in [5.74, 6) is 0.757. The number of sulfonamides is 1. The molecule has 0 spiro atoms. The molecule has 0 aliphatic heterocycles. The topological polar surface area (TPSA) is 63.1 Å². The van der Waals surface area contributed by atoms with Crippen LogP contribution in [0.4, 0.5) is 0 Å². The molecule has 1 aromatic heterocycles. The van der Waals surface area contributed by atoms with Crippen LogP contribution in [-0.4, -0.2) is 38.1 Å². The Kier molecular flexibility index (Phi) is 6.57. The van der Waals surface area contributed by atoms with E-state index >= 15 is 0 Å². The molecule has 0 saturated carbocycles. The second kappa shape index (κ2) is 7.49. The molecule has 20 heavy (non-hydrogen) atoms. The Morgan fingerprint density at radius 1 is 1.35 bits per heavy atom. The molecule has 0 aliphatic rings. The molecule has 0 saturated heterocycles. The zero-order chi connectivity index (χ0) is 15.3. The molecule has 2 N–H and O–H groups in total. The second-order valence-corrected chi connectivity index (χ2v) is 7.80. The minimum Gasteiger partial charge on any atom is -0.346 e. The molecule has 1 aromatic rings. The summed E-state index contributed by atoms with van der Waals surface area (Å²) in [6.07, 6.45) is 3.68. The lowest BCUT2D eigenvalue weighted by Crippen LogP contribution is -2.34. The van der Waals surface area contributed by atoms with E-state index in [1.54, 1.807) is 24.0 Å². The molecule has 0 radical (unpaired) electrons. The standard InChI is InChI=1S/C13H25N3O2S2/c1-10(2)16-8-13(6-12(16)7-14-4)20(17,18)15-11(3)9-19-5/h6,8,10-11,14-15H,7,9H2,1-5H3. The summed E-state index contributed by atoms with van der Waals surface area (Å²) in [4.78, 5) is 0.337. The van der Waals surface area contributed by atoms with Crippen molar-refractivity contribution < 1.29 is 8.42 Å². The maximum Gasteiger partial charge on any atom is 0.242 e. The van der Waals surface area contributed by atoms with Crippen LogP contribution in [0.2, 0.25) is 0 Å². The average molecular weight is 319 g/mol. The predicted octanol–water partition coefficient (Wildman–Crippen LogP) is 1.82. The summed E-state index contributed by atoms with van der Waals surface area (Å²) in [6.45, 7) is 6.61. The van der Waals surface area contributed by atoms with Crippen LogP contribution in [0.5, 0.6) is 0 Å². The van der Waals surface area contributed by atoms with E-state index in [2.05, 4.69) is 10.0 Å². The van der Waals surface area contributed by atoms with Crippen molar-refractivity contribution in [3.63, 3.8) is 0 Å². The highest BCUT2D eigenvalue weighted by molar-refractivity contribution is 7.98. The van der Waals surface area contributed by atoms with E-state index in [1.165, 1.54) is 0 Å². The van der Waals surface area contributed by atoms with Gasteiger partial charge in [-0.25, -0.2) is 13.1 Å². The summed E-state index contributed by atoms with van der Waals surface area (Å²) >= 11 is 1.62. The fraction of sp³-hybridized carbons (Fsp3) is 0.692. The van der Waals surface area contributed by atoms with E-state index in [0.29, 0.717) is 11.4 Å². The zero-order valence-corrected chi connectivity index (χ0v) is 14.4. The van der Waals surface area contributed by atoms with Gasteiger partial charge in [-0.3, -0.25) is 0 Å². The summed E-state index contributed by atoms with van der Waals surface area (Å²) in [7, 11) is -1.60. The van der Waals surface area contributed by atoms with E-state index in [4.69, 9.17) is 0 Å². The number of nitrogens with zero attached hydrogens (tertiary/aromatic N) is 1.